The van der Waals surface area contributed by atoms with E-state index < -0.39 is 0 Å². The molecule has 3 rings (SSSR count). The molecule has 3 unspecified atom stereocenters. The Morgan fingerprint density at radius 2 is 1.65 bits per heavy atom. The van der Waals surface area contributed by atoms with Crippen LogP contribution in [0.4, 0.5) is 0 Å². The smallest absolute Gasteiger partial charge is 0.0126 e. The van der Waals surface area contributed by atoms with Crippen LogP contribution >= 0.6 is 0 Å². The summed E-state index contributed by atoms with van der Waals surface area (Å²) in [5.41, 5.74) is 0. The predicted molar refractivity (Wildman–Crippen MR) is 72.9 cm³/mol. The van der Waals surface area contributed by atoms with Gasteiger partial charge in [-0.15, -0.1) is 0 Å². The van der Waals surface area contributed by atoms with Gasteiger partial charge < -0.3 is 5.32 Å². The number of rotatable bonds is 4. The molecule has 17 heavy (non-hydrogen) atoms. The van der Waals surface area contributed by atoms with Crippen molar-refractivity contribution < 1.29 is 0 Å². The van der Waals surface area contributed by atoms with Crippen LogP contribution in [-0.4, -0.2) is 13.1 Å². The number of hydrogen-bond acceptors (Lipinski definition) is 1. The molecule has 1 nitrogen and oxygen atoms in total. The molecule has 98 valence electrons. The third-order valence-corrected chi connectivity index (χ3v) is 6.20. The fourth-order valence-corrected chi connectivity index (χ4v) is 5.11. The third kappa shape index (κ3) is 2.16. The number of hydrogen-bond donors (Lipinski definition) is 1. The van der Waals surface area contributed by atoms with Crippen LogP contribution in [0.1, 0.15) is 58.3 Å². The molecular formula is C16H29N. The lowest BCUT2D eigenvalue weighted by Gasteiger charge is -2.34. The van der Waals surface area contributed by atoms with Crippen LogP contribution in [-0.2, 0) is 0 Å². The molecule has 0 spiro atoms. The summed E-state index contributed by atoms with van der Waals surface area (Å²) < 4.78 is 0. The average Bonchev–Trinajstić information content (AvgIpc) is 2.85. The summed E-state index contributed by atoms with van der Waals surface area (Å²) in [6.45, 7) is 2.37. The highest BCUT2D eigenvalue weighted by molar-refractivity contribution is 5.07. The maximum atomic E-state index is 3.70. The van der Waals surface area contributed by atoms with Gasteiger partial charge in [-0.2, -0.15) is 0 Å². The van der Waals surface area contributed by atoms with Crippen LogP contribution in [0.25, 0.3) is 0 Å². The van der Waals surface area contributed by atoms with Gasteiger partial charge in [0.15, 0.2) is 0 Å². The van der Waals surface area contributed by atoms with Crippen LogP contribution in [0.2, 0.25) is 0 Å². The Hall–Kier alpha value is -0.0400. The van der Waals surface area contributed by atoms with Crippen molar-refractivity contribution in [3.63, 3.8) is 0 Å². The first-order chi connectivity index (χ1) is 8.35. The summed E-state index contributed by atoms with van der Waals surface area (Å²) in [6.07, 6.45) is 12.0. The van der Waals surface area contributed by atoms with Crippen molar-refractivity contribution in [2.45, 2.75) is 64.3 Å². The Morgan fingerprint density at radius 3 is 2.18 bits per heavy atom. The SMILES string of the molecule is CCC1CCC(C(NC)C2C3CCCC32)CC1. The van der Waals surface area contributed by atoms with E-state index in [1.165, 1.54) is 51.4 Å². The highest BCUT2D eigenvalue weighted by Crippen LogP contribution is 2.60. The van der Waals surface area contributed by atoms with E-state index >= 15 is 0 Å². The zero-order chi connectivity index (χ0) is 11.8. The van der Waals surface area contributed by atoms with Crippen molar-refractivity contribution >= 4 is 0 Å². The minimum absolute atomic E-state index is 0.864. The Kier molecular flexibility index (Phi) is 3.47. The molecule has 0 heterocycles. The standard InChI is InChI=1S/C16H29N/c1-3-11-7-9-12(10-8-11)16(17-2)15-13-5-4-6-14(13)15/h11-17H,3-10H2,1-2H3. The van der Waals surface area contributed by atoms with Gasteiger partial charge in [-0.1, -0.05) is 32.6 Å². The zero-order valence-corrected chi connectivity index (χ0v) is 11.6. The van der Waals surface area contributed by atoms with Gasteiger partial charge in [0.25, 0.3) is 0 Å². The van der Waals surface area contributed by atoms with Gasteiger partial charge in [-0.3, -0.25) is 0 Å². The fraction of sp³-hybridized carbons (Fsp3) is 1.00. The van der Waals surface area contributed by atoms with Crippen LogP contribution < -0.4 is 5.32 Å². The van der Waals surface area contributed by atoms with Crippen LogP contribution in [0.15, 0.2) is 0 Å². The second kappa shape index (κ2) is 4.91. The normalized spacial score (nSPS) is 46.6. The largest absolute Gasteiger partial charge is 0.316 e. The predicted octanol–water partition coefficient (Wildman–Crippen LogP) is 3.84. The van der Waals surface area contributed by atoms with E-state index in [-0.39, 0.29) is 0 Å². The van der Waals surface area contributed by atoms with E-state index in [2.05, 4.69) is 19.3 Å². The zero-order valence-electron chi connectivity index (χ0n) is 11.6. The second-order valence-corrected chi connectivity index (χ2v) is 6.84. The minimum Gasteiger partial charge on any atom is -0.316 e. The van der Waals surface area contributed by atoms with Crippen molar-refractivity contribution in [3.8, 4) is 0 Å². The fourth-order valence-electron chi connectivity index (χ4n) is 5.11. The molecule has 0 aliphatic heterocycles. The summed E-state index contributed by atoms with van der Waals surface area (Å²) in [5, 5.41) is 3.70. The van der Waals surface area contributed by atoms with E-state index in [4.69, 9.17) is 0 Å². The highest BCUT2D eigenvalue weighted by atomic mass is 14.9. The lowest BCUT2D eigenvalue weighted by Crippen LogP contribution is -2.39. The first-order valence-electron chi connectivity index (χ1n) is 8.02. The first-order valence-corrected chi connectivity index (χ1v) is 8.02. The van der Waals surface area contributed by atoms with Gasteiger partial charge in [-0.25, -0.2) is 0 Å². The molecule has 3 aliphatic carbocycles. The highest BCUT2D eigenvalue weighted by Gasteiger charge is 2.56. The van der Waals surface area contributed by atoms with Gasteiger partial charge in [0.1, 0.15) is 0 Å². The van der Waals surface area contributed by atoms with Crippen molar-refractivity contribution in [2.24, 2.45) is 29.6 Å². The Balaban J connectivity index is 1.55. The van der Waals surface area contributed by atoms with E-state index in [0.717, 1.165) is 35.6 Å². The van der Waals surface area contributed by atoms with Gasteiger partial charge in [0.2, 0.25) is 0 Å². The summed E-state index contributed by atoms with van der Waals surface area (Å²) >= 11 is 0. The van der Waals surface area contributed by atoms with E-state index in [0.29, 0.717) is 0 Å². The van der Waals surface area contributed by atoms with Gasteiger partial charge in [-0.05, 0) is 62.3 Å². The van der Waals surface area contributed by atoms with E-state index in [1.54, 1.807) is 0 Å². The monoisotopic (exact) mass is 235 g/mol. The molecule has 0 bridgehead atoms. The molecule has 0 amide bonds. The molecule has 0 aromatic heterocycles. The molecule has 0 aromatic carbocycles. The number of nitrogens with one attached hydrogen (secondary N) is 1. The summed E-state index contributed by atoms with van der Waals surface area (Å²) in [7, 11) is 2.21. The Labute approximate surface area is 107 Å². The quantitative estimate of drug-likeness (QED) is 0.781. The Morgan fingerprint density at radius 1 is 1.00 bits per heavy atom. The van der Waals surface area contributed by atoms with Crippen LogP contribution in [0, 0.1) is 29.6 Å². The summed E-state index contributed by atoms with van der Waals surface area (Å²) in [5.74, 6) is 5.35. The molecule has 1 heteroatoms. The molecule has 1 N–H and O–H groups in total. The van der Waals surface area contributed by atoms with Gasteiger partial charge in [0.05, 0.1) is 0 Å². The molecule has 0 saturated heterocycles. The lowest BCUT2D eigenvalue weighted by atomic mass is 9.75. The van der Waals surface area contributed by atoms with Crippen molar-refractivity contribution in [1.82, 2.24) is 5.32 Å². The maximum absolute atomic E-state index is 3.70. The molecule has 3 fully saturated rings. The van der Waals surface area contributed by atoms with Crippen molar-refractivity contribution in [3.05, 3.63) is 0 Å². The lowest BCUT2D eigenvalue weighted by molar-refractivity contribution is 0.199. The van der Waals surface area contributed by atoms with Crippen molar-refractivity contribution in [1.29, 1.82) is 0 Å². The van der Waals surface area contributed by atoms with E-state index in [1.807, 2.05) is 0 Å². The Bertz CT molecular complexity index is 244. The summed E-state index contributed by atoms with van der Waals surface area (Å²) in [6, 6.07) is 0.864. The molecule has 3 saturated carbocycles. The average molecular weight is 235 g/mol. The van der Waals surface area contributed by atoms with Crippen LogP contribution in [0.5, 0.6) is 0 Å². The second-order valence-electron chi connectivity index (χ2n) is 6.84. The molecule has 3 atom stereocenters. The van der Waals surface area contributed by atoms with Crippen LogP contribution in [0.3, 0.4) is 0 Å². The first kappa shape index (κ1) is 12.0. The summed E-state index contributed by atoms with van der Waals surface area (Å²) in [4.78, 5) is 0. The maximum Gasteiger partial charge on any atom is 0.0126 e. The third-order valence-electron chi connectivity index (χ3n) is 6.20. The molecule has 0 radical (unpaired) electrons. The molecular weight excluding hydrogens is 206 g/mol. The van der Waals surface area contributed by atoms with Gasteiger partial charge in [0, 0.05) is 6.04 Å². The van der Waals surface area contributed by atoms with Gasteiger partial charge >= 0.3 is 0 Å². The molecule has 3 aliphatic rings. The van der Waals surface area contributed by atoms with E-state index in [9.17, 15) is 0 Å². The topological polar surface area (TPSA) is 12.0 Å². The molecule has 0 aromatic rings. The van der Waals surface area contributed by atoms with Crippen molar-refractivity contribution in [2.75, 3.05) is 7.05 Å². The minimum atomic E-state index is 0.864. The number of fused-ring (bicyclic) bond motifs is 1.